The number of fused-ring (bicyclic) bond motifs is 3. The number of primary amides is 1. The van der Waals surface area contributed by atoms with Gasteiger partial charge in [-0.25, -0.2) is 0 Å². The predicted molar refractivity (Wildman–Crippen MR) is 76.3 cm³/mol. The SMILES string of the molecule is CCN[C@@H]1CCc2[nH]c3ccc(C(N)=O)cc3c2C1. The summed E-state index contributed by atoms with van der Waals surface area (Å²) in [5.41, 5.74) is 9.70. The molecule has 0 aliphatic heterocycles. The zero-order chi connectivity index (χ0) is 13.4. The number of nitrogens with one attached hydrogen (secondary N) is 2. The Labute approximate surface area is 112 Å². The molecule has 0 fully saturated rings. The number of benzene rings is 1. The molecule has 4 nitrogen and oxygen atoms in total. The van der Waals surface area contributed by atoms with E-state index in [0.29, 0.717) is 11.6 Å². The largest absolute Gasteiger partial charge is 0.366 e. The second-order valence-corrected chi connectivity index (χ2v) is 5.20. The number of aryl methyl sites for hydroxylation is 1. The summed E-state index contributed by atoms with van der Waals surface area (Å²) in [6, 6.07) is 6.19. The molecule has 100 valence electrons. The maximum absolute atomic E-state index is 11.3. The maximum atomic E-state index is 11.3. The zero-order valence-corrected chi connectivity index (χ0v) is 11.1. The van der Waals surface area contributed by atoms with Gasteiger partial charge in [0.25, 0.3) is 0 Å². The van der Waals surface area contributed by atoms with E-state index in [9.17, 15) is 4.79 Å². The van der Waals surface area contributed by atoms with Crippen LogP contribution in [-0.4, -0.2) is 23.5 Å². The van der Waals surface area contributed by atoms with Crippen LogP contribution >= 0.6 is 0 Å². The summed E-state index contributed by atoms with van der Waals surface area (Å²) in [4.78, 5) is 14.8. The highest BCUT2D eigenvalue weighted by atomic mass is 16.1. The van der Waals surface area contributed by atoms with Crippen molar-refractivity contribution in [3.8, 4) is 0 Å². The van der Waals surface area contributed by atoms with E-state index in [0.717, 1.165) is 36.7 Å². The van der Waals surface area contributed by atoms with Crippen molar-refractivity contribution in [3.63, 3.8) is 0 Å². The van der Waals surface area contributed by atoms with Gasteiger partial charge in [0.05, 0.1) is 0 Å². The fraction of sp³-hybridized carbons (Fsp3) is 0.400. The Morgan fingerprint density at radius 1 is 1.53 bits per heavy atom. The molecule has 0 bridgehead atoms. The third-order valence-corrected chi connectivity index (χ3v) is 3.97. The van der Waals surface area contributed by atoms with E-state index < -0.39 is 0 Å². The normalized spacial score (nSPS) is 18.5. The highest BCUT2D eigenvalue weighted by Gasteiger charge is 2.22. The van der Waals surface area contributed by atoms with Crippen LogP contribution in [0.4, 0.5) is 0 Å². The van der Waals surface area contributed by atoms with E-state index in [1.54, 1.807) is 6.07 Å². The van der Waals surface area contributed by atoms with Crippen LogP contribution in [0.1, 0.15) is 35.0 Å². The molecule has 0 saturated carbocycles. The van der Waals surface area contributed by atoms with Crippen molar-refractivity contribution in [1.29, 1.82) is 0 Å². The van der Waals surface area contributed by atoms with Crippen molar-refractivity contribution in [2.75, 3.05) is 6.54 Å². The third kappa shape index (κ3) is 2.12. The molecule has 2 aromatic rings. The maximum Gasteiger partial charge on any atom is 0.248 e. The molecule has 0 saturated heterocycles. The molecule has 3 rings (SSSR count). The number of aromatic amines is 1. The van der Waals surface area contributed by atoms with Crippen LogP contribution in [-0.2, 0) is 12.8 Å². The van der Waals surface area contributed by atoms with Gasteiger partial charge in [0.1, 0.15) is 0 Å². The number of carbonyl (C=O) groups excluding carboxylic acids is 1. The van der Waals surface area contributed by atoms with E-state index in [2.05, 4.69) is 17.2 Å². The van der Waals surface area contributed by atoms with E-state index in [-0.39, 0.29) is 5.91 Å². The summed E-state index contributed by atoms with van der Waals surface area (Å²) >= 11 is 0. The number of likely N-dealkylation sites (N-methyl/N-ethyl adjacent to an activating group) is 1. The number of H-pyrrole nitrogens is 1. The summed E-state index contributed by atoms with van der Waals surface area (Å²) in [6.45, 7) is 3.13. The molecule has 0 spiro atoms. The Hall–Kier alpha value is -1.81. The molecule has 19 heavy (non-hydrogen) atoms. The third-order valence-electron chi connectivity index (χ3n) is 3.97. The minimum Gasteiger partial charge on any atom is -0.366 e. The lowest BCUT2D eigenvalue weighted by molar-refractivity contribution is 0.100. The average Bonchev–Trinajstić information content (AvgIpc) is 2.76. The van der Waals surface area contributed by atoms with Gasteiger partial charge in [-0.1, -0.05) is 6.92 Å². The number of nitrogens with two attached hydrogens (primary N) is 1. The lowest BCUT2D eigenvalue weighted by atomic mass is 9.91. The monoisotopic (exact) mass is 257 g/mol. The van der Waals surface area contributed by atoms with Crippen molar-refractivity contribution in [2.45, 2.75) is 32.2 Å². The number of amides is 1. The zero-order valence-electron chi connectivity index (χ0n) is 11.1. The second kappa shape index (κ2) is 4.70. The van der Waals surface area contributed by atoms with Crippen LogP contribution < -0.4 is 11.1 Å². The van der Waals surface area contributed by atoms with Gasteiger partial charge in [-0.05, 0) is 49.6 Å². The van der Waals surface area contributed by atoms with Gasteiger partial charge in [0, 0.05) is 28.2 Å². The molecular formula is C15H19N3O. The Kier molecular flexibility index (Phi) is 3.03. The van der Waals surface area contributed by atoms with E-state index in [1.165, 1.54) is 11.3 Å². The number of carbonyl (C=O) groups is 1. The summed E-state index contributed by atoms with van der Waals surface area (Å²) in [5.74, 6) is -0.365. The first kappa shape index (κ1) is 12.2. The Morgan fingerprint density at radius 3 is 3.11 bits per heavy atom. The molecule has 4 heteroatoms. The highest BCUT2D eigenvalue weighted by Crippen LogP contribution is 2.29. The smallest absolute Gasteiger partial charge is 0.248 e. The fourth-order valence-corrected chi connectivity index (χ4v) is 3.03. The van der Waals surface area contributed by atoms with E-state index in [1.807, 2.05) is 12.1 Å². The molecule has 1 heterocycles. The minimum atomic E-state index is -0.365. The van der Waals surface area contributed by atoms with Crippen molar-refractivity contribution in [2.24, 2.45) is 5.73 Å². The van der Waals surface area contributed by atoms with Crippen LogP contribution in [0.15, 0.2) is 18.2 Å². The van der Waals surface area contributed by atoms with Gasteiger partial charge in [-0.15, -0.1) is 0 Å². The quantitative estimate of drug-likeness (QED) is 0.783. The first-order valence-corrected chi connectivity index (χ1v) is 6.85. The topological polar surface area (TPSA) is 70.9 Å². The number of hydrogen-bond donors (Lipinski definition) is 3. The fourth-order valence-electron chi connectivity index (χ4n) is 3.03. The first-order valence-electron chi connectivity index (χ1n) is 6.85. The van der Waals surface area contributed by atoms with Crippen molar-refractivity contribution in [1.82, 2.24) is 10.3 Å². The summed E-state index contributed by atoms with van der Waals surface area (Å²) < 4.78 is 0. The summed E-state index contributed by atoms with van der Waals surface area (Å²) in [5, 5.41) is 4.66. The van der Waals surface area contributed by atoms with Crippen LogP contribution in [0.2, 0.25) is 0 Å². The molecule has 1 aromatic carbocycles. The van der Waals surface area contributed by atoms with Crippen LogP contribution in [0.5, 0.6) is 0 Å². The van der Waals surface area contributed by atoms with Crippen LogP contribution in [0.25, 0.3) is 10.9 Å². The highest BCUT2D eigenvalue weighted by molar-refractivity contribution is 5.98. The van der Waals surface area contributed by atoms with Crippen molar-refractivity contribution < 1.29 is 4.79 Å². The Bertz CT molecular complexity index is 630. The summed E-state index contributed by atoms with van der Waals surface area (Å²) in [7, 11) is 0. The van der Waals surface area contributed by atoms with Gasteiger partial charge in [0.2, 0.25) is 5.91 Å². The molecule has 1 aliphatic rings. The van der Waals surface area contributed by atoms with Gasteiger partial charge in [0.15, 0.2) is 0 Å². The molecule has 0 unspecified atom stereocenters. The number of aromatic nitrogens is 1. The number of hydrogen-bond acceptors (Lipinski definition) is 2. The van der Waals surface area contributed by atoms with Gasteiger partial charge in [-0.2, -0.15) is 0 Å². The summed E-state index contributed by atoms with van der Waals surface area (Å²) in [6.07, 6.45) is 3.25. The molecule has 1 aromatic heterocycles. The molecule has 4 N–H and O–H groups in total. The van der Waals surface area contributed by atoms with Gasteiger partial charge < -0.3 is 16.0 Å². The van der Waals surface area contributed by atoms with E-state index in [4.69, 9.17) is 5.73 Å². The Morgan fingerprint density at radius 2 is 2.37 bits per heavy atom. The Balaban J connectivity index is 2.05. The molecular weight excluding hydrogens is 238 g/mol. The second-order valence-electron chi connectivity index (χ2n) is 5.20. The lowest BCUT2D eigenvalue weighted by Crippen LogP contribution is -2.34. The van der Waals surface area contributed by atoms with Gasteiger partial charge in [-0.3, -0.25) is 4.79 Å². The standard InChI is InChI=1S/C15H19N3O/c1-2-17-10-4-6-14-12(8-10)11-7-9(15(16)19)3-5-13(11)18-14/h3,5,7,10,17-18H,2,4,6,8H2,1H3,(H2,16,19)/t10-/m1/s1. The molecule has 0 radical (unpaired) electrons. The average molecular weight is 257 g/mol. The number of rotatable bonds is 3. The lowest BCUT2D eigenvalue weighted by Gasteiger charge is -2.23. The van der Waals surface area contributed by atoms with Crippen molar-refractivity contribution >= 4 is 16.8 Å². The van der Waals surface area contributed by atoms with Crippen molar-refractivity contribution in [3.05, 3.63) is 35.0 Å². The molecule has 1 atom stereocenters. The van der Waals surface area contributed by atoms with E-state index >= 15 is 0 Å². The predicted octanol–water partition coefficient (Wildman–Crippen LogP) is 1.73. The minimum absolute atomic E-state index is 0.365. The molecule has 1 amide bonds. The van der Waals surface area contributed by atoms with Crippen LogP contribution in [0, 0.1) is 0 Å². The van der Waals surface area contributed by atoms with Crippen LogP contribution in [0.3, 0.4) is 0 Å². The first-order chi connectivity index (χ1) is 9.19. The van der Waals surface area contributed by atoms with Gasteiger partial charge >= 0.3 is 0 Å². The molecule has 1 aliphatic carbocycles.